The number of aromatic amines is 1. The third-order valence-electron chi connectivity index (χ3n) is 4.81. The van der Waals surface area contributed by atoms with E-state index in [1.165, 1.54) is 0 Å². The summed E-state index contributed by atoms with van der Waals surface area (Å²) in [6, 6.07) is 14.9. The van der Waals surface area contributed by atoms with E-state index in [2.05, 4.69) is 15.6 Å². The van der Waals surface area contributed by atoms with Crippen LogP contribution in [0.5, 0.6) is 5.75 Å². The number of aromatic nitrogens is 1. The Morgan fingerprint density at radius 2 is 1.90 bits per heavy atom. The summed E-state index contributed by atoms with van der Waals surface area (Å²) >= 11 is 0. The lowest BCUT2D eigenvalue weighted by molar-refractivity contribution is -0.151. The van der Waals surface area contributed by atoms with Gasteiger partial charge in [-0.25, -0.2) is 0 Å². The monoisotopic (exact) mass is 407 g/mol. The molecule has 3 N–H and O–H groups in total. The summed E-state index contributed by atoms with van der Waals surface area (Å²) in [6.07, 6.45) is 1.31. The van der Waals surface area contributed by atoms with E-state index in [1.54, 1.807) is 24.3 Å². The van der Waals surface area contributed by atoms with Gasteiger partial charge in [0.1, 0.15) is 5.75 Å². The smallest absolute Gasteiger partial charge is 0.310 e. The molecule has 30 heavy (non-hydrogen) atoms. The van der Waals surface area contributed by atoms with Crippen LogP contribution in [0.3, 0.4) is 0 Å². The Morgan fingerprint density at radius 1 is 1.10 bits per heavy atom. The van der Waals surface area contributed by atoms with E-state index in [-0.39, 0.29) is 6.42 Å². The molecule has 154 valence electrons. The maximum Gasteiger partial charge on any atom is 0.310 e. The van der Waals surface area contributed by atoms with Gasteiger partial charge in [-0.05, 0) is 30.2 Å². The molecular weight excluding hydrogens is 386 g/mol. The molecule has 0 spiro atoms. The molecule has 1 aliphatic heterocycles. The summed E-state index contributed by atoms with van der Waals surface area (Å²) in [6.45, 7) is 0.0147. The Bertz CT molecular complexity index is 1090. The molecule has 0 radical (unpaired) electrons. The number of fused-ring (bicyclic) bond motifs is 2. The van der Waals surface area contributed by atoms with Gasteiger partial charge in [-0.2, -0.15) is 0 Å². The highest BCUT2D eigenvalue weighted by Crippen LogP contribution is 2.29. The van der Waals surface area contributed by atoms with Crippen LogP contribution in [-0.2, 0) is 25.5 Å². The van der Waals surface area contributed by atoms with E-state index in [4.69, 9.17) is 9.47 Å². The van der Waals surface area contributed by atoms with E-state index in [0.29, 0.717) is 24.4 Å². The van der Waals surface area contributed by atoms with Crippen LogP contribution < -0.4 is 15.4 Å². The SMILES string of the molecule is O=C(COC(=O)CC1Oc2ccccc2NC1=O)NCCc1c[nH]c2ccccc12. The summed E-state index contributed by atoms with van der Waals surface area (Å²) in [5.74, 6) is -1.01. The number of ether oxygens (including phenoxy) is 2. The molecule has 0 bridgehead atoms. The highest BCUT2D eigenvalue weighted by Gasteiger charge is 2.30. The number of carbonyl (C=O) groups excluding carboxylic acids is 3. The van der Waals surface area contributed by atoms with Crippen LogP contribution >= 0.6 is 0 Å². The zero-order valence-corrected chi connectivity index (χ0v) is 16.1. The lowest BCUT2D eigenvalue weighted by Gasteiger charge is -2.25. The highest BCUT2D eigenvalue weighted by molar-refractivity contribution is 5.99. The number of nitrogens with one attached hydrogen (secondary N) is 3. The van der Waals surface area contributed by atoms with Gasteiger partial charge in [0, 0.05) is 23.6 Å². The number of rotatable bonds is 7. The zero-order valence-electron chi connectivity index (χ0n) is 16.1. The first-order valence-corrected chi connectivity index (χ1v) is 9.64. The van der Waals surface area contributed by atoms with Gasteiger partial charge in [0.2, 0.25) is 0 Å². The first kappa shape index (κ1) is 19.5. The van der Waals surface area contributed by atoms with Crippen molar-refractivity contribution < 1.29 is 23.9 Å². The van der Waals surface area contributed by atoms with Crippen LogP contribution in [0.25, 0.3) is 10.9 Å². The number of amides is 2. The molecule has 1 aliphatic rings. The van der Waals surface area contributed by atoms with E-state index in [9.17, 15) is 14.4 Å². The first-order valence-electron chi connectivity index (χ1n) is 9.64. The third kappa shape index (κ3) is 4.43. The highest BCUT2D eigenvalue weighted by atomic mass is 16.5. The predicted molar refractivity (Wildman–Crippen MR) is 110 cm³/mol. The minimum absolute atomic E-state index is 0.275. The Labute approximate surface area is 172 Å². The van der Waals surface area contributed by atoms with E-state index < -0.39 is 30.5 Å². The van der Waals surface area contributed by atoms with Crippen LogP contribution in [-0.4, -0.2) is 42.0 Å². The van der Waals surface area contributed by atoms with Crippen LogP contribution in [0.1, 0.15) is 12.0 Å². The largest absolute Gasteiger partial charge is 0.478 e. The van der Waals surface area contributed by atoms with Gasteiger partial charge in [-0.1, -0.05) is 30.3 Å². The number of H-pyrrole nitrogens is 1. The molecule has 2 aromatic carbocycles. The number of anilines is 1. The van der Waals surface area contributed by atoms with Crippen molar-refractivity contribution in [2.24, 2.45) is 0 Å². The van der Waals surface area contributed by atoms with Crippen molar-refractivity contribution in [2.75, 3.05) is 18.5 Å². The van der Waals surface area contributed by atoms with Crippen LogP contribution in [0, 0.1) is 0 Å². The lowest BCUT2D eigenvalue weighted by atomic mass is 10.1. The summed E-state index contributed by atoms with van der Waals surface area (Å²) in [4.78, 5) is 39.2. The van der Waals surface area contributed by atoms with Crippen LogP contribution in [0.4, 0.5) is 5.69 Å². The zero-order chi connectivity index (χ0) is 20.9. The molecule has 0 fully saturated rings. The molecule has 2 amide bonds. The van der Waals surface area contributed by atoms with E-state index in [1.807, 2.05) is 30.5 Å². The summed E-state index contributed by atoms with van der Waals surface area (Å²) in [5.41, 5.74) is 2.70. The fourth-order valence-corrected chi connectivity index (χ4v) is 3.31. The minimum Gasteiger partial charge on any atom is -0.478 e. The van der Waals surface area contributed by atoms with Crippen molar-refractivity contribution in [3.05, 3.63) is 60.3 Å². The molecule has 0 saturated heterocycles. The van der Waals surface area contributed by atoms with Crippen LogP contribution in [0.15, 0.2) is 54.7 Å². The Kier molecular flexibility index (Phi) is 5.65. The second kappa shape index (κ2) is 8.69. The van der Waals surface area contributed by atoms with Gasteiger partial charge in [0.05, 0.1) is 12.1 Å². The predicted octanol–water partition coefficient (Wildman–Crippen LogP) is 2.16. The van der Waals surface area contributed by atoms with Crippen molar-refractivity contribution in [3.63, 3.8) is 0 Å². The number of hydrogen-bond acceptors (Lipinski definition) is 5. The van der Waals surface area contributed by atoms with Crippen molar-refractivity contribution in [1.29, 1.82) is 0 Å². The van der Waals surface area contributed by atoms with Gasteiger partial charge >= 0.3 is 5.97 Å². The molecule has 4 rings (SSSR count). The second-order valence-corrected chi connectivity index (χ2v) is 6.92. The molecule has 2 heterocycles. The molecule has 0 saturated carbocycles. The van der Waals surface area contributed by atoms with Crippen molar-refractivity contribution in [1.82, 2.24) is 10.3 Å². The van der Waals surface area contributed by atoms with E-state index >= 15 is 0 Å². The Hall–Kier alpha value is -3.81. The fraction of sp³-hybridized carbons (Fsp3) is 0.227. The number of benzene rings is 2. The summed E-state index contributed by atoms with van der Waals surface area (Å²) in [5, 5.41) is 6.52. The van der Waals surface area contributed by atoms with Crippen molar-refractivity contribution in [2.45, 2.75) is 18.9 Å². The number of esters is 1. The molecule has 8 heteroatoms. The Morgan fingerprint density at radius 3 is 2.80 bits per heavy atom. The molecule has 0 aliphatic carbocycles. The minimum atomic E-state index is -0.989. The average molecular weight is 407 g/mol. The Balaban J connectivity index is 1.19. The fourth-order valence-electron chi connectivity index (χ4n) is 3.31. The molecule has 3 aromatic rings. The van der Waals surface area contributed by atoms with Gasteiger partial charge in [-0.15, -0.1) is 0 Å². The number of para-hydroxylation sites is 3. The van der Waals surface area contributed by atoms with Crippen LogP contribution in [0.2, 0.25) is 0 Å². The number of carbonyl (C=O) groups is 3. The normalized spacial score (nSPS) is 15.1. The third-order valence-corrected chi connectivity index (χ3v) is 4.81. The van der Waals surface area contributed by atoms with Gasteiger partial charge in [0.15, 0.2) is 12.7 Å². The molecule has 8 nitrogen and oxygen atoms in total. The molecule has 1 aromatic heterocycles. The molecule has 1 atom stereocenters. The summed E-state index contributed by atoms with van der Waals surface area (Å²) in [7, 11) is 0. The quantitative estimate of drug-likeness (QED) is 0.520. The maximum absolute atomic E-state index is 12.1. The molecule has 1 unspecified atom stereocenters. The van der Waals surface area contributed by atoms with Crippen molar-refractivity contribution in [3.8, 4) is 5.75 Å². The van der Waals surface area contributed by atoms with Gasteiger partial charge in [-0.3, -0.25) is 14.4 Å². The topological polar surface area (TPSA) is 110 Å². The van der Waals surface area contributed by atoms with E-state index in [0.717, 1.165) is 16.5 Å². The van der Waals surface area contributed by atoms with Gasteiger partial charge < -0.3 is 25.1 Å². The average Bonchev–Trinajstić information content (AvgIpc) is 3.16. The first-order chi connectivity index (χ1) is 14.6. The second-order valence-electron chi connectivity index (χ2n) is 6.92. The lowest BCUT2D eigenvalue weighted by Crippen LogP contribution is -2.39. The number of hydrogen-bond donors (Lipinski definition) is 3. The van der Waals surface area contributed by atoms with Crippen molar-refractivity contribution >= 4 is 34.4 Å². The summed E-state index contributed by atoms with van der Waals surface area (Å²) < 4.78 is 10.5. The van der Waals surface area contributed by atoms with Gasteiger partial charge in [0.25, 0.3) is 11.8 Å². The standard InChI is InChI=1S/C22H21N3O5/c26-20(23-10-9-14-12-24-16-6-2-1-5-15(14)16)13-29-21(27)11-19-22(28)25-17-7-3-4-8-18(17)30-19/h1-8,12,19,24H,9-11,13H2,(H,23,26)(H,25,28). The molecular formula is C22H21N3O5. The maximum atomic E-state index is 12.1.